The minimum Gasteiger partial charge on any atom is -0.456 e. The predicted molar refractivity (Wildman–Crippen MR) is 203 cm³/mol. The summed E-state index contributed by atoms with van der Waals surface area (Å²) in [6, 6.07) is 56.3. The lowest BCUT2D eigenvalue weighted by molar-refractivity contribution is 0.669. The van der Waals surface area contributed by atoms with E-state index in [0.717, 1.165) is 73.3 Å². The van der Waals surface area contributed by atoms with E-state index in [1.807, 2.05) is 6.07 Å². The molecule has 0 saturated carbocycles. The van der Waals surface area contributed by atoms with Crippen molar-refractivity contribution < 1.29 is 4.42 Å². The standard InChI is InChI=1S/C45H31N3O/c1-2-44-46-38-15-7-9-17-41(38)48(44)33-23-19-29(20-24-33)34-14-10-18-43-45(34)37-28-31(22-26-42(37)49-43)30-21-25-40-36(27-30)35-13-6-8-16-39(35)47(40)32-11-4-3-5-12-32/h3-28H,2H2,1H3. The molecule has 4 heteroatoms. The molecule has 0 saturated heterocycles. The number of benzene rings is 7. The molecule has 0 aliphatic carbocycles. The molecule has 7 aromatic carbocycles. The lowest BCUT2D eigenvalue weighted by atomic mass is 9.96. The van der Waals surface area contributed by atoms with Crippen molar-refractivity contribution in [2.75, 3.05) is 0 Å². The first-order valence-electron chi connectivity index (χ1n) is 16.9. The lowest BCUT2D eigenvalue weighted by Gasteiger charge is -2.10. The number of fused-ring (bicyclic) bond motifs is 7. The van der Waals surface area contributed by atoms with Crippen molar-refractivity contribution >= 4 is 54.8 Å². The summed E-state index contributed by atoms with van der Waals surface area (Å²) in [5, 5.41) is 4.74. The van der Waals surface area contributed by atoms with E-state index in [-0.39, 0.29) is 0 Å². The highest BCUT2D eigenvalue weighted by atomic mass is 16.3. The summed E-state index contributed by atoms with van der Waals surface area (Å²) in [5.74, 6) is 1.06. The van der Waals surface area contributed by atoms with Crippen LogP contribution in [0.4, 0.5) is 0 Å². The molecule has 3 aromatic heterocycles. The van der Waals surface area contributed by atoms with Gasteiger partial charge in [0.15, 0.2) is 0 Å². The largest absolute Gasteiger partial charge is 0.456 e. The monoisotopic (exact) mass is 629 g/mol. The van der Waals surface area contributed by atoms with Crippen LogP contribution in [-0.2, 0) is 6.42 Å². The smallest absolute Gasteiger partial charge is 0.136 e. The molecule has 0 unspecified atom stereocenters. The van der Waals surface area contributed by atoms with Crippen LogP contribution in [0.5, 0.6) is 0 Å². The maximum absolute atomic E-state index is 6.43. The number of para-hydroxylation sites is 4. The van der Waals surface area contributed by atoms with Gasteiger partial charge in [-0.1, -0.05) is 91.9 Å². The Balaban J connectivity index is 1.10. The van der Waals surface area contributed by atoms with Crippen molar-refractivity contribution in [3.05, 3.63) is 164 Å². The van der Waals surface area contributed by atoms with E-state index in [1.165, 1.54) is 27.4 Å². The fraction of sp³-hybridized carbons (Fsp3) is 0.0444. The fourth-order valence-corrected chi connectivity index (χ4v) is 7.65. The SMILES string of the molecule is CCc1nc2ccccc2n1-c1ccc(-c2cccc3oc4ccc(-c5ccc6c(c5)c5ccccc5n6-c5ccccc5)cc4c23)cc1. The first-order valence-corrected chi connectivity index (χ1v) is 16.9. The van der Waals surface area contributed by atoms with Gasteiger partial charge >= 0.3 is 0 Å². The van der Waals surface area contributed by atoms with E-state index in [1.54, 1.807) is 0 Å². The van der Waals surface area contributed by atoms with Crippen LogP contribution in [0.3, 0.4) is 0 Å². The molecule has 0 radical (unpaired) electrons. The first-order chi connectivity index (χ1) is 24.2. The van der Waals surface area contributed by atoms with Crippen LogP contribution >= 0.6 is 0 Å². The van der Waals surface area contributed by atoms with E-state index in [4.69, 9.17) is 9.40 Å². The minimum absolute atomic E-state index is 0.862. The second-order valence-corrected chi connectivity index (χ2v) is 12.7. The maximum Gasteiger partial charge on any atom is 0.136 e. The molecule has 49 heavy (non-hydrogen) atoms. The van der Waals surface area contributed by atoms with E-state index < -0.39 is 0 Å². The zero-order valence-electron chi connectivity index (χ0n) is 27.0. The highest BCUT2D eigenvalue weighted by Gasteiger charge is 2.17. The van der Waals surface area contributed by atoms with Gasteiger partial charge in [0.1, 0.15) is 17.0 Å². The number of hydrogen-bond acceptors (Lipinski definition) is 2. The van der Waals surface area contributed by atoms with Crippen LogP contribution in [0.15, 0.2) is 162 Å². The third kappa shape index (κ3) is 4.27. The van der Waals surface area contributed by atoms with Crippen LogP contribution in [0.2, 0.25) is 0 Å². The second kappa shape index (κ2) is 10.8. The summed E-state index contributed by atoms with van der Waals surface area (Å²) in [5.41, 5.74) is 13.3. The molecule has 0 amide bonds. The number of rotatable bonds is 5. The summed E-state index contributed by atoms with van der Waals surface area (Å²) in [4.78, 5) is 4.89. The summed E-state index contributed by atoms with van der Waals surface area (Å²) < 4.78 is 11.1. The number of furan rings is 1. The van der Waals surface area contributed by atoms with Crippen molar-refractivity contribution in [3.63, 3.8) is 0 Å². The van der Waals surface area contributed by atoms with Gasteiger partial charge in [-0.25, -0.2) is 4.98 Å². The normalized spacial score (nSPS) is 11.9. The van der Waals surface area contributed by atoms with E-state index in [9.17, 15) is 0 Å². The quantitative estimate of drug-likeness (QED) is 0.190. The highest BCUT2D eigenvalue weighted by molar-refractivity contribution is 6.14. The Bertz CT molecular complexity index is 2850. The molecule has 0 N–H and O–H groups in total. The molecule has 0 atom stereocenters. The van der Waals surface area contributed by atoms with Crippen LogP contribution in [0.25, 0.3) is 88.4 Å². The molecular weight excluding hydrogens is 599 g/mol. The Morgan fingerprint density at radius 3 is 2.00 bits per heavy atom. The van der Waals surface area contributed by atoms with Gasteiger partial charge in [-0.3, -0.25) is 4.57 Å². The van der Waals surface area contributed by atoms with Crippen molar-refractivity contribution in [2.45, 2.75) is 13.3 Å². The van der Waals surface area contributed by atoms with Gasteiger partial charge in [0.05, 0.1) is 22.1 Å². The molecule has 4 nitrogen and oxygen atoms in total. The van der Waals surface area contributed by atoms with Gasteiger partial charge in [0, 0.05) is 39.3 Å². The number of aromatic nitrogens is 3. The first kappa shape index (κ1) is 27.7. The number of nitrogens with zero attached hydrogens (tertiary/aromatic N) is 3. The van der Waals surface area contributed by atoms with Crippen LogP contribution in [0, 0.1) is 0 Å². The Labute approximate surface area is 283 Å². The molecule has 0 aliphatic rings. The van der Waals surface area contributed by atoms with Crippen LogP contribution in [0.1, 0.15) is 12.7 Å². The molecule has 0 fully saturated rings. The van der Waals surface area contributed by atoms with E-state index in [0.29, 0.717) is 0 Å². The average Bonchev–Trinajstić information content (AvgIpc) is 3.84. The molecule has 10 aromatic rings. The van der Waals surface area contributed by atoms with Gasteiger partial charge in [-0.15, -0.1) is 0 Å². The van der Waals surface area contributed by atoms with E-state index >= 15 is 0 Å². The number of hydrogen-bond donors (Lipinski definition) is 0. The van der Waals surface area contributed by atoms with Crippen molar-refractivity contribution in [3.8, 4) is 33.6 Å². The number of imidazole rings is 1. The third-order valence-electron chi connectivity index (χ3n) is 9.90. The summed E-state index contributed by atoms with van der Waals surface area (Å²) >= 11 is 0. The topological polar surface area (TPSA) is 35.9 Å². The van der Waals surface area contributed by atoms with E-state index in [2.05, 4.69) is 168 Å². The molecule has 0 spiro atoms. The fourth-order valence-electron chi connectivity index (χ4n) is 7.65. The van der Waals surface area contributed by atoms with Gasteiger partial charge in [-0.2, -0.15) is 0 Å². The van der Waals surface area contributed by atoms with Gasteiger partial charge < -0.3 is 8.98 Å². The minimum atomic E-state index is 0.862. The number of aryl methyl sites for hydroxylation is 1. The summed E-state index contributed by atoms with van der Waals surface area (Å²) in [6.45, 7) is 2.16. The van der Waals surface area contributed by atoms with Gasteiger partial charge in [-0.05, 0) is 95.1 Å². The molecule has 0 bridgehead atoms. The molecular formula is C45H31N3O. The Morgan fingerprint density at radius 2 is 1.16 bits per heavy atom. The van der Waals surface area contributed by atoms with Crippen molar-refractivity contribution in [1.29, 1.82) is 0 Å². The molecule has 10 rings (SSSR count). The molecule has 0 aliphatic heterocycles. The van der Waals surface area contributed by atoms with Gasteiger partial charge in [0.2, 0.25) is 0 Å². The Kier molecular flexibility index (Phi) is 6.12. The second-order valence-electron chi connectivity index (χ2n) is 12.7. The Hall–Kier alpha value is -6.39. The average molecular weight is 630 g/mol. The summed E-state index contributed by atoms with van der Waals surface area (Å²) in [6.07, 6.45) is 0.862. The summed E-state index contributed by atoms with van der Waals surface area (Å²) in [7, 11) is 0. The van der Waals surface area contributed by atoms with Crippen molar-refractivity contribution in [1.82, 2.24) is 14.1 Å². The van der Waals surface area contributed by atoms with Crippen molar-refractivity contribution in [2.24, 2.45) is 0 Å². The molecule has 232 valence electrons. The maximum atomic E-state index is 6.43. The Morgan fingerprint density at radius 1 is 0.490 bits per heavy atom. The molecule has 3 heterocycles. The highest BCUT2D eigenvalue weighted by Crippen LogP contribution is 2.40. The van der Waals surface area contributed by atoms with Crippen LogP contribution < -0.4 is 0 Å². The van der Waals surface area contributed by atoms with Crippen LogP contribution in [-0.4, -0.2) is 14.1 Å². The van der Waals surface area contributed by atoms with Gasteiger partial charge in [0.25, 0.3) is 0 Å². The predicted octanol–water partition coefficient (Wildman–Crippen LogP) is 11.9. The zero-order valence-corrected chi connectivity index (χ0v) is 27.0. The third-order valence-corrected chi connectivity index (χ3v) is 9.90. The zero-order chi connectivity index (χ0) is 32.5. The lowest BCUT2D eigenvalue weighted by Crippen LogP contribution is -1.99.